The van der Waals surface area contributed by atoms with Crippen LogP contribution in [0.1, 0.15) is 45.8 Å². The molecule has 4 atom stereocenters. The van der Waals surface area contributed by atoms with E-state index in [0.29, 0.717) is 27.7 Å². The molecule has 2 aromatic rings. The Labute approximate surface area is 190 Å². The number of ether oxygens (including phenoxy) is 3. The lowest BCUT2D eigenvalue weighted by Crippen LogP contribution is -2.38. The highest BCUT2D eigenvalue weighted by molar-refractivity contribution is 6.42. The fourth-order valence-corrected chi connectivity index (χ4v) is 4.13. The predicted molar refractivity (Wildman–Crippen MR) is 115 cm³/mol. The van der Waals surface area contributed by atoms with Crippen LogP contribution < -0.4 is 0 Å². The zero-order valence-corrected chi connectivity index (χ0v) is 19.1. The predicted octanol–water partition coefficient (Wildman–Crippen LogP) is 4.78. The number of nitrogens with zero attached hydrogens (tertiary/aromatic N) is 2. The number of unbranched alkanes of at least 4 members (excludes halogenated alkanes) is 3. The van der Waals surface area contributed by atoms with Gasteiger partial charge in [-0.05, 0) is 30.2 Å². The Kier molecular flexibility index (Phi) is 8.24. The number of carbonyl (C=O) groups excluding carboxylic acids is 1. The van der Waals surface area contributed by atoms with Crippen LogP contribution in [0.15, 0.2) is 12.1 Å². The van der Waals surface area contributed by atoms with E-state index in [1.807, 2.05) is 0 Å². The molecule has 1 aliphatic heterocycles. The van der Waals surface area contributed by atoms with Crippen molar-refractivity contribution in [3.05, 3.63) is 27.5 Å². The molecule has 166 valence electrons. The Balaban J connectivity index is 1.80. The van der Waals surface area contributed by atoms with Crippen LogP contribution in [0, 0.1) is 0 Å². The number of esters is 1. The number of hydrogen-bond acceptors (Lipinski definition) is 6. The number of benzene rings is 1. The molecule has 0 amide bonds. The van der Waals surface area contributed by atoms with Gasteiger partial charge in [0.05, 0.1) is 27.7 Å². The molecule has 1 aromatic heterocycles. The van der Waals surface area contributed by atoms with Gasteiger partial charge in [0.15, 0.2) is 12.3 Å². The SMILES string of the molecule is CCCCCCOC[C@H]1O[C@@H](n2c(Cl)nc3cc(Cl)c(Cl)cc32)[C@H](O)[C@@H]1OC(C)=O. The summed E-state index contributed by atoms with van der Waals surface area (Å²) in [6.07, 6.45) is 0.644. The van der Waals surface area contributed by atoms with Crippen molar-refractivity contribution in [1.82, 2.24) is 9.55 Å². The summed E-state index contributed by atoms with van der Waals surface area (Å²) < 4.78 is 18.6. The lowest BCUT2D eigenvalue weighted by molar-refractivity contribution is -0.154. The number of carbonyl (C=O) groups is 1. The van der Waals surface area contributed by atoms with E-state index in [0.717, 1.165) is 25.7 Å². The van der Waals surface area contributed by atoms with E-state index in [1.165, 1.54) is 11.5 Å². The molecule has 2 heterocycles. The molecular weight excluding hydrogens is 455 g/mol. The van der Waals surface area contributed by atoms with Crippen molar-refractivity contribution in [2.24, 2.45) is 0 Å². The van der Waals surface area contributed by atoms with Crippen molar-refractivity contribution in [2.45, 2.75) is 64.1 Å². The molecule has 0 bridgehead atoms. The van der Waals surface area contributed by atoms with Crippen molar-refractivity contribution in [1.29, 1.82) is 0 Å². The Hall–Kier alpha value is -1.09. The second-order valence-electron chi connectivity index (χ2n) is 7.27. The normalized spacial score (nSPS) is 23.9. The van der Waals surface area contributed by atoms with Crippen LogP contribution in [0.2, 0.25) is 15.3 Å². The zero-order chi connectivity index (χ0) is 21.8. The highest BCUT2D eigenvalue weighted by Gasteiger charge is 2.48. The van der Waals surface area contributed by atoms with Crippen molar-refractivity contribution in [3.8, 4) is 0 Å². The summed E-state index contributed by atoms with van der Waals surface area (Å²) in [5, 5.41) is 11.6. The Morgan fingerprint density at radius 2 is 1.97 bits per heavy atom. The minimum Gasteiger partial charge on any atom is -0.457 e. The molecule has 1 aliphatic rings. The third-order valence-corrected chi connectivity index (χ3v) is 5.97. The van der Waals surface area contributed by atoms with Gasteiger partial charge in [0.1, 0.15) is 12.2 Å². The second-order valence-corrected chi connectivity index (χ2v) is 8.42. The number of fused-ring (bicyclic) bond motifs is 1. The molecule has 3 rings (SSSR count). The first-order valence-electron chi connectivity index (χ1n) is 9.94. The van der Waals surface area contributed by atoms with Gasteiger partial charge in [0.25, 0.3) is 0 Å². The smallest absolute Gasteiger partial charge is 0.303 e. The topological polar surface area (TPSA) is 82.8 Å². The van der Waals surface area contributed by atoms with Crippen LogP contribution in [-0.4, -0.2) is 52.2 Å². The minimum absolute atomic E-state index is 0.0927. The van der Waals surface area contributed by atoms with Gasteiger partial charge in [0.2, 0.25) is 5.28 Å². The summed E-state index contributed by atoms with van der Waals surface area (Å²) >= 11 is 18.5. The van der Waals surface area contributed by atoms with Crippen LogP contribution in [0.4, 0.5) is 0 Å². The Morgan fingerprint density at radius 1 is 1.23 bits per heavy atom. The standard InChI is InChI=1S/C20H25Cl3N2O5/c1-3-4-5-6-7-28-10-16-18(29-11(2)26)17(27)19(30-16)25-15-9-13(22)12(21)8-14(15)24-20(25)23/h8-9,16-19,27H,3-7,10H2,1-2H3/t16-,17-,18-,19-/m1/s1. The molecule has 0 unspecified atom stereocenters. The summed E-state index contributed by atoms with van der Waals surface area (Å²) in [5.41, 5.74) is 1.05. The highest BCUT2D eigenvalue weighted by Crippen LogP contribution is 2.38. The van der Waals surface area contributed by atoms with E-state index in [-0.39, 0.29) is 11.9 Å². The number of aliphatic hydroxyl groups is 1. The van der Waals surface area contributed by atoms with Gasteiger partial charge >= 0.3 is 5.97 Å². The number of aliphatic hydroxyl groups excluding tert-OH is 1. The quantitative estimate of drug-likeness (QED) is 0.411. The minimum atomic E-state index is -1.17. The molecule has 10 heteroatoms. The largest absolute Gasteiger partial charge is 0.457 e. The van der Waals surface area contributed by atoms with Crippen LogP contribution >= 0.6 is 34.8 Å². The summed E-state index contributed by atoms with van der Waals surface area (Å²) in [4.78, 5) is 15.9. The maximum atomic E-state index is 11.6. The zero-order valence-electron chi connectivity index (χ0n) is 16.8. The second kappa shape index (κ2) is 10.5. The van der Waals surface area contributed by atoms with Crippen molar-refractivity contribution in [2.75, 3.05) is 13.2 Å². The highest BCUT2D eigenvalue weighted by atomic mass is 35.5. The molecule has 1 saturated heterocycles. The van der Waals surface area contributed by atoms with Crippen LogP contribution in [0.5, 0.6) is 0 Å². The van der Waals surface area contributed by atoms with Gasteiger partial charge in [-0.25, -0.2) is 4.98 Å². The summed E-state index contributed by atoms with van der Waals surface area (Å²) in [5.74, 6) is -0.521. The molecule has 1 N–H and O–H groups in total. The first-order chi connectivity index (χ1) is 14.3. The molecule has 30 heavy (non-hydrogen) atoms. The van der Waals surface area contributed by atoms with Gasteiger partial charge in [-0.3, -0.25) is 9.36 Å². The Morgan fingerprint density at radius 3 is 2.67 bits per heavy atom. The molecular formula is C20H25Cl3N2O5. The van der Waals surface area contributed by atoms with E-state index >= 15 is 0 Å². The molecule has 1 aromatic carbocycles. The number of rotatable bonds is 9. The molecule has 0 spiro atoms. The van der Waals surface area contributed by atoms with Gasteiger partial charge < -0.3 is 19.3 Å². The molecule has 0 aliphatic carbocycles. The van der Waals surface area contributed by atoms with Crippen LogP contribution in [0.3, 0.4) is 0 Å². The Bertz CT molecular complexity index is 891. The van der Waals surface area contributed by atoms with E-state index in [1.54, 1.807) is 12.1 Å². The first-order valence-corrected chi connectivity index (χ1v) is 11.1. The first kappa shape index (κ1) is 23.6. The van der Waals surface area contributed by atoms with Gasteiger partial charge in [-0.2, -0.15) is 0 Å². The number of hydrogen-bond donors (Lipinski definition) is 1. The van der Waals surface area contributed by atoms with Crippen molar-refractivity contribution < 1.29 is 24.1 Å². The fourth-order valence-electron chi connectivity index (χ4n) is 3.54. The number of halogens is 3. The fraction of sp³-hybridized carbons (Fsp3) is 0.600. The maximum absolute atomic E-state index is 11.6. The molecule has 0 radical (unpaired) electrons. The third-order valence-electron chi connectivity index (χ3n) is 4.98. The lowest BCUT2D eigenvalue weighted by Gasteiger charge is -2.20. The number of aromatic nitrogens is 2. The third kappa shape index (κ3) is 5.21. The van der Waals surface area contributed by atoms with Gasteiger partial charge in [0, 0.05) is 13.5 Å². The van der Waals surface area contributed by atoms with Crippen LogP contribution in [-0.2, 0) is 19.0 Å². The van der Waals surface area contributed by atoms with E-state index in [9.17, 15) is 9.90 Å². The molecule has 7 nitrogen and oxygen atoms in total. The number of imidazole rings is 1. The van der Waals surface area contributed by atoms with E-state index in [4.69, 9.17) is 49.0 Å². The maximum Gasteiger partial charge on any atom is 0.303 e. The van der Waals surface area contributed by atoms with E-state index in [2.05, 4.69) is 11.9 Å². The summed E-state index contributed by atoms with van der Waals surface area (Å²) in [6.45, 7) is 4.17. The lowest BCUT2D eigenvalue weighted by atomic mass is 10.1. The van der Waals surface area contributed by atoms with Gasteiger partial charge in [-0.15, -0.1) is 0 Å². The molecule has 1 fully saturated rings. The molecule has 0 saturated carbocycles. The summed E-state index contributed by atoms with van der Waals surface area (Å²) in [6, 6.07) is 3.19. The average Bonchev–Trinajstić information content (AvgIpc) is 3.14. The van der Waals surface area contributed by atoms with Crippen molar-refractivity contribution in [3.63, 3.8) is 0 Å². The van der Waals surface area contributed by atoms with Gasteiger partial charge in [-0.1, -0.05) is 49.4 Å². The monoisotopic (exact) mass is 478 g/mol. The van der Waals surface area contributed by atoms with Crippen molar-refractivity contribution >= 4 is 51.8 Å². The van der Waals surface area contributed by atoms with E-state index < -0.39 is 30.5 Å². The average molecular weight is 480 g/mol. The summed E-state index contributed by atoms with van der Waals surface area (Å²) in [7, 11) is 0. The van der Waals surface area contributed by atoms with Crippen LogP contribution in [0.25, 0.3) is 11.0 Å².